The van der Waals surface area contributed by atoms with Crippen LogP contribution in [0.15, 0.2) is 47.9 Å². The van der Waals surface area contributed by atoms with Gasteiger partial charge in [0.25, 0.3) is 5.91 Å². The monoisotopic (exact) mass is 597 g/mol. The second-order valence-electron chi connectivity index (χ2n) is 11.8. The number of imidazole rings is 1. The predicted molar refractivity (Wildman–Crippen MR) is 176 cm³/mol. The van der Waals surface area contributed by atoms with Crippen LogP contribution < -0.4 is 31.4 Å². The molecule has 1 amide bonds. The zero-order valence-electron chi connectivity index (χ0n) is 25.7. The highest BCUT2D eigenvalue weighted by Gasteiger charge is 2.22. The molecule has 222 valence electrons. The summed E-state index contributed by atoms with van der Waals surface area (Å²) in [5.74, 6) is 6.73. The number of carbonyl (C=O) groups is 1. The molecule has 3 aromatic rings. The van der Waals surface area contributed by atoms with Gasteiger partial charge in [0.2, 0.25) is 0 Å². The Morgan fingerprint density at radius 2 is 1.78 bits per heavy atom. The maximum Gasteiger partial charge on any atom is 0.255 e. The molecule has 3 rings (SSSR count). The number of ether oxygens (including phenoxy) is 1. The van der Waals surface area contributed by atoms with Gasteiger partial charge in [0.15, 0.2) is 10.9 Å². The molecule has 9 nitrogen and oxygen atoms in total. The number of nitrogens with two attached hydrogens (primary N) is 2. The number of nitrogens with one attached hydrogen (secondary N) is 2. The number of hydrazine groups is 1. The highest BCUT2D eigenvalue weighted by molar-refractivity contribution is 8.00. The molecular formula is C30H43N7O2S2. The highest BCUT2D eigenvalue weighted by Crippen LogP contribution is 2.40. The van der Waals surface area contributed by atoms with E-state index >= 15 is 0 Å². The number of thioether (sulfide) groups is 1. The van der Waals surface area contributed by atoms with Gasteiger partial charge in [-0.3, -0.25) is 9.80 Å². The van der Waals surface area contributed by atoms with Crippen LogP contribution in [0.1, 0.15) is 68.7 Å². The molecule has 11 heteroatoms. The normalized spacial score (nSPS) is 12.3. The lowest BCUT2D eigenvalue weighted by molar-refractivity contribution is 0.102. The van der Waals surface area contributed by atoms with E-state index in [1.54, 1.807) is 43.4 Å². The Hall–Kier alpha value is -3.28. The predicted octanol–water partition coefficient (Wildman–Crippen LogP) is 6.50. The van der Waals surface area contributed by atoms with Crippen molar-refractivity contribution in [1.82, 2.24) is 9.55 Å². The van der Waals surface area contributed by atoms with E-state index in [1.807, 2.05) is 43.0 Å². The summed E-state index contributed by atoms with van der Waals surface area (Å²) in [6, 6.07) is 9.38. The fourth-order valence-electron chi connectivity index (χ4n) is 4.10. The molecule has 0 spiro atoms. The van der Waals surface area contributed by atoms with Gasteiger partial charge < -0.3 is 25.1 Å². The van der Waals surface area contributed by atoms with Crippen molar-refractivity contribution in [3.05, 3.63) is 65.1 Å². The molecule has 0 aliphatic carbocycles. The number of rotatable bonds is 9. The van der Waals surface area contributed by atoms with Crippen LogP contribution in [0.2, 0.25) is 0 Å². The molecule has 0 saturated heterocycles. The Balaban J connectivity index is 1.92. The number of aromatic nitrogens is 2. The van der Waals surface area contributed by atoms with Crippen molar-refractivity contribution in [2.75, 3.05) is 28.4 Å². The summed E-state index contributed by atoms with van der Waals surface area (Å²) in [4.78, 5) is 18.0. The smallest absolute Gasteiger partial charge is 0.255 e. The molecular weight excluding hydrogens is 555 g/mol. The van der Waals surface area contributed by atoms with Crippen molar-refractivity contribution in [2.45, 2.75) is 63.8 Å². The van der Waals surface area contributed by atoms with Crippen molar-refractivity contribution in [2.24, 2.45) is 18.6 Å². The van der Waals surface area contributed by atoms with E-state index in [-0.39, 0.29) is 16.1 Å². The average Bonchev–Trinajstić information content (AvgIpc) is 3.22. The van der Waals surface area contributed by atoms with E-state index in [0.29, 0.717) is 28.4 Å². The van der Waals surface area contributed by atoms with E-state index in [4.69, 9.17) is 16.3 Å². The van der Waals surface area contributed by atoms with Crippen molar-refractivity contribution in [3.8, 4) is 5.75 Å². The maximum atomic E-state index is 13.5. The van der Waals surface area contributed by atoms with Gasteiger partial charge in [-0.05, 0) is 47.7 Å². The number of hydrogen-bond donors (Lipinski definition) is 4. The Labute approximate surface area is 252 Å². The van der Waals surface area contributed by atoms with Crippen LogP contribution in [0.25, 0.3) is 5.70 Å². The molecule has 41 heavy (non-hydrogen) atoms. The molecule has 0 aliphatic rings. The fraction of sp³-hybridized carbons (Fsp3) is 0.400. The van der Waals surface area contributed by atoms with Gasteiger partial charge >= 0.3 is 0 Å². The minimum Gasteiger partial charge on any atom is -0.492 e. The molecule has 2 aromatic carbocycles. The Bertz CT molecular complexity index is 1440. The zero-order chi connectivity index (χ0) is 30.7. The summed E-state index contributed by atoms with van der Waals surface area (Å²) < 4.78 is 10.9. The van der Waals surface area contributed by atoms with Gasteiger partial charge in [-0.1, -0.05) is 71.3 Å². The summed E-state index contributed by atoms with van der Waals surface area (Å²) in [7, 11) is 3.52. The number of amides is 1. The van der Waals surface area contributed by atoms with Crippen LogP contribution in [0.3, 0.4) is 0 Å². The number of benzene rings is 2. The summed E-state index contributed by atoms with van der Waals surface area (Å²) >= 11 is 3.12. The summed E-state index contributed by atoms with van der Waals surface area (Å²) in [6.45, 7) is 14.7. The molecule has 0 radical (unpaired) electrons. The largest absolute Gasteiger partial charge is 0.492 e. The van der Waals surface area contributed by atoms with Crippen LogP contribution in [0.5, 0.6) is 5.75 Å². The van der Waals surface area contributed by atoms with Crippen molar-refractivity contribution in [3.63, 3.8) is 0 Å². The summed E-state index contributed by atoms with van der Waals surface area (Å²) in [5.41, 5.74) is 11.9. The van der Waals surface area contributed by atoms with E-state index in [2.05, 4.69) is 56.6 Å². The SMILES string of the molecule is COc1c(NSC)cc(C(C)(C)C)cc1NC(=O)c1ccc(C)c(N(N)/C=C(\N)c2cnc(SC(C)(C)C)n2C)c1. The Morgan fingerprint density at radius 3 is 2.37 bits per heavy atom. The number of carbonyl (C=O) groups excluding carboxylic acids is 1. The standard InChI is InChI=1S/C30H43N7O2S2/c1-18-11-12-19(27(38)34-22-14-20(29(2,3)4)15-23(35-40-10)26(22)39-9)13-24(18)37(32)17-21(31)25-16-33-28(36(25)8)41-30(5,6)7/h11-17,35H,31-32H2,1-10H3,(H,34,38)/b21-17-. The van der Waals surface area contributed by atoms with Gasteiger partial charge in [-0.2, -0.15) is 0 Å². The van der Waals surface area contributed by atoms with E-state index in [1.165, 1.54) is 17.0 Å². The third kappa shape index (κ3) is 7.93. The van der Waals surface area contributed by atoms with Crippen LogP contribution >= 0.6 is 23.7 Å². The van der Waals surface area contributed by atoms with E-state index in [0.717, 1.165) is 27.7 Å². The summed E-state index contributed by atoms with van der Waals surface area (Å²) in [6.07, 6.45) is 5.32. The van der Waals surface area contributed by atoms with Gasteiger partial charge in [-0.25, -0.2) is 10.8 Å². The first-order chi connectivity index (χ1) is 19.1. The van der Waals surface area contributed by atoms with Gasteiger partial charge in [0.1, 0.15) is 0 Å². The first kappa shape index (κ1) is 32.2. The van der Waals surface area contributed by atoms with Crippen molar-refractivity contribution < 1.29 is 9.53 Å². The Morgan fingerprint density at radius 1 is 1.12 bits per heavy atom. The summed E-state index contributed by atoms with van der Waals surface area (Å²) in [5, 5.41) is 5.35. The second-order valence-corrected chi connectivity index (χ2v) is 14.2. The van der Waals surface area contributed by atoms with Crippen molar-refractivity contribution >= 4 is 52.4 Å². The second kappa shape index (κ2) is 12.7. The zero-order valence-corrected chi connectivity index (χ0v) is 27.3. The van der Waals surface area contributed by atoms with Gasteiger partial charge in [-0.15, -0.1) is 0 Å². The third-order valence-corrected chi connectivity index (χ3v) is 7.88. The number of nitrogens with zero attached hydrogens (tertiary/aromatic N) is 3. The van der Waals surface area contributed by atoms with Crippen LogP contribution in [0, 0.1) is 6.92 Å². The van der Waals surface area contributed by atoms with Crippen LogP contribution in [-0.2, 0) is 12.5 Å². The quantitative estimate of drug-likeness (QED) is 0.0946. The molecule has 0 saturated carbocycles. The first-order valence-corrected chi connectivity index (χ1v) is 15.3. The van der Waals surface area contributed by atoms with E-state index < -0.39 is 0 Å². The van der Waals surface area contributed by atoms with Crippen LogP contribution in [0.4, 0.5) is 17.1 Å². The topological polar surface area (TPSA) is 123 Å². The number of aryl methyl sites for hydroxylation is 1. The van der Waals surface area contributed by atoms with Crippen LogP contribution in [-0.4, -0.2) is 33.6 Å². The minimum absolute atomic E-state index is 0.0119. The molecule has 0 aliphatic heterocycles. The number of anilines is 3. The lowest BCUT2D eigenvalue weighted by atomic mass is 9.86. The minimum atomic E-state index is -0.286. The average molecular weight is 598 g/mol. The lowest BCUT2D eigenvalue weighted by Crippen LogP contribution is -2.27. The maximum absolute atomic E-state index is 13.5. The van der Waals surface area contributed by atoms with Gasteiger partial charge in [0.05, 0.1) is 41.8 Å². The molecule has 6 N–H and O–H groups in total. The molecule has 1 aromatic heterocycles. The number of methoxy groups -OCH3 is 1. The molecule has 1 heterocycles. The Kier molecular flexibility index (Phi) is 9.99. The molecule has 0 atom stereocenters. The molecule has 0 unspecified atom stereocenters. The highest BCUT2D eigenvalue weighted by atomic mass is 32.2. The van der Waals surface area contributed by atoms with Crippen molar-refractivity contribution in [1.29, 1.82) is 0 Å². The number of hydrogen-bond acceptors (Lipinski definition) is 9. The van der Waals surface area contributed by atoms with Gasteiger partial charge in [0, 0.05) is 29.8 Å². The van der Waals surface area contributed by atoms with E-state index in [9.17, 15) is 4.79 Å². The lowest BCUT2D eigenvalue weighted by Gasteiger charge is -2.24. The molecule has 0 fully saturated rings. The first-order valence-electron chi connectivity index (χ1n) is 13.2. The third-order valence-electron chi connectivity index (χ3n) is 6.29. The fourth-order valence-corrected chi connectivity index (χ4v) is 5.36. The molecule has 0 bridgehead atoms.